The maximum Gasteiger partial charge on any atom is 0.158 e. The van der Waals surface area contributed by atoms with Gasteiger partial charge in [-0.1, -0.05) is 24.3 Å². The van der Waals surface area contributed by atoms with Gasteiger partial charge in [-0.2, -0.15) is 0 Å². The molecule has 0 bridgehead atoms. The molecule has 0 unspecified atom stereocenters. The minimum atomic E-state index is 0.118. The zero-order chi connectivity index (χ0) is 13.2. The summed E-state index contributed by atoms with van der Waals surface area (Å²) in [6.45, 7) is 1.62. The van der Waals surface area contributed by atoms with Gasteiger partial charge in [0.2, 0.25) is 0 Å². The van der Waals surface area contributed by atoms with E-state index in [2.05, 4.69) is 22.4 Å². The Kier molecular flexibility index (Phi) is 2.88. The molecule has 0 amide bonds. The molecule has 1 aromatic carbocycles. The number of nitrogens with zero attached hydrogens (tertiary/aromatic N) is 1. The number of carbonyl (C=O) groups is 1. The van der Waals surface area contributed by atoms with Crippen molar-refractivity contribution in [2.45, 2.75) is 13.3 Å². The highest BCUT2D eigenvalue weighted by Gasteiger charge is 2.23. The SMILES string of the molecule is CC(=O)C1=C(Nc2ccncc2)c2ccccc2C1. The molecule has 0 radical (unpaired) electrons. The molecular weight excluding hydrogens is 236 g/mol. The number of benzene rings is 1. The lowest BCUT2D eigenvalue weighted by atomic mass is 10.1. The standard InChI is InChI=1S/C16H14N2O/c1-11(19)15-10-12-4-2-3-5-14(12)16(15)18-13-6-8-17-9-7-13/h2-9H,10H2,1H3,(H,17,18). The predicted octanol–water partition coefficient (Wildman–Crippen LogP) is 3.05. The lowest BCUT2D eigenvalue weighted by Crippen LogP contribution is -2.04. The summed E-state index contributed by atoms with van der Waals surface area (Å²) in [5.41, 5.74) is 5.03. The summed E-state index contributed by atoms with van der Waals surface area (Å²) in [6.07, 6.45) is 4.17. The van der Waals surface area contributed by atoms with Crippen LogP contribution in [0.15, 0.2) is 54.4 Å². The fourth-order valence-electron chi connectivity index (χ4n) is 2.38. The van der Waals surface area contributed by atoms with E-state index >= 15 is 0 Å². The smallest absolute Gasteiger partial charge is 0.158 e. The second-order valence-electron chi connectivity index (χ2n) is 4.60. The number of pyridine rings is 1. The van der Waals surface area contributed by atoms with Crippen molar-refractivity contribution < 1.29 is 4.79 Å². The maximum absolute atomic E-state index is 11.8. The van der Waals surface area contributed by atoms with Crippen molar-refractivity contribution in [2.24, 2.45) is 0 Å². The van der Waals surface area contributed by atoms with E-state index in [1.165, 1.54) is 5.56 Å². The number of allylic oxidation sites excluding steroid dienone is 1. The van der Waals surface area contributed by atoms with Gasteiger partial charge in [-0.05, 0) is 24.6 Å². The molecule has 1 aromatic heterocycles. The van der Waals surface area contributed by atoms with Gasteiger partial charge in [0.05, 0.1) is 5.70 Å². The van der Waals surface area contributed by atoms with Crippen LogP contribution < -0.4 is 5.32 Å². The van der Waals surface area contributed by atoms with Gasteiger partial charge in [0.15, 0.2) is 5.78 Å². The molecule has 3 rings (SSSR count). The molecule has 3 heteroatoms. The summed E-state index contributed by atoms with van der Waals surface area (Å²) in [6, 6.07) is 11.9. The Morgan fingerprint density at radius 1 is 1.16 bits per heavy atom. The van der Waals surface area contributed by atoms with Gasteiger partial charge < -0.3 is 5.32 Å². The second kappa shape index (κ2) is 4.69. The molecular formula is C16H14N2O. The van der Waals surface area contributed by atoms with Crippen molar-refractivity contribution in [1.29, 1.82) is 0 Å². The molecule has 94 valence electrons. The van der Waals surface area contributed by atoms with Gasteiger partial charge in [-0.25, -0.2) is 0 Å². The first-order valence-corrected chi connectivity index (χ1v) is 6.25. The average Bonchev–Trinajstić information content (AvgIpc) is 2.79. The first-order chi connectivity index (χ1) is 9.25. The molecule has 0 fully saturated rings. The molecule has 1 heterocycles. The highest BCUT2D eigenvalue weighted by Crippen LogP contribution is 2.33. The lowest BCUT2D eigenvalue weighted by Gasteiger charge is -2.10. The van der Waals surface area contributed by atoms with E-state index in [0.717, 1.165) is 22.5 Å². The van der Waals surface area contributed by atoms with Crippen molar-refractivity contribution in [3.05, 3.63) is 65.5 Å². The third-order valence-corrected chi connectivity index (χ3v) is 3.33. The van der Waals surface area contributed by atoms with Gasteiger partial charge in [-0.3, -0.25) is 9.78 Å². The largest absolute Gasteiger partial charge is 0.355 e. The normalized spacial score (nSPS) is 13.3. The van der Waals surface area contributed by atoms with Crippen LogP contribution >= 0.6 is 0 Å². The van der Waals surface area contributed by atoms with Gasteiger partial charge in [0.1, 0.15) is 0 Å². The first kappa shape index (κ1) is 11.7. The Bertz CT molecular complexity index is 659. The van der Waals surface area contributed by atoms with Gasteiger partial charge in [0, 0.05) is 35.6 Å². The van der Waals surface area contributed by atoms with Gasteiger partial charge in [-0.15, -0.1) is 0 Å². The molecule has 1 aliphatic carbocycles. The van der Waals surface area contributed by atoms with E-state index in [9.17, 15) is 4.79 Å². The van der Waals surface area contributed by atoms with E-state index < -0.39 is 0 Å². The van der Waals surface area contributed by atoms with Crippen LogP contribution in [-0.2, 0) is 11.2 Å². The lowest BCUT2D eigenvalue weighted by molar-refractivity contribution is -0.113. The van der Waals surface area contributed by atoms with Crippen molar-refractivity contribution in [3.63, 3.8) is 0 Å². The van der Waals surface area contributed by atoms with Crippen LogP contribution in [0, 0.1) is 0 Å². The summed E-state index contributed by atoms with van der Waals surface area (Å²) < 4.78 is 0. The van der Waals surface area contributed by atoms with Crippen molar-refractivity contribution >= 4 is 17.2 Å². The molecule has 1 aliphatic rings. The first-order valence-electron chi connectivity index (χ1n) is 6.25. The Balaban J connectivity index is 2.04. The maximum atomic E-state index is 11.8. The number of fused-ring (bicyclic) bond motifs is 1. The Hall–Kier alpha value is -2.42. The summed E-state index contributed by atoms with van der Waals surface area (Å²) >= 11 is 0. The Labute approximate surface area is 112 Å². The van der Waals surface area contributed by atoms with E-state index in [1.807, 2.05) is 24.3 Å². The van der Waals surface area contributed by atoms with Crippen LogP contribution in [0.4, 0.5) is 5.69 Å². The van der Waals surface area contributed by atoms with Crippen molar-refractivity contribution in [1.82, 2.24) is 4.98 Å². The third-order valence-electron chi connectivity index (χ3n) is 3.33. The number of ketones is 1. The van der Waals surface area contributed by atoms with Crippen LogP contribution in [0.5, 0.6) is 0 Å². The number of Topliss-reactive ketones (excluding diaryl/α,β-unsaturated/α-hetero) is 1. The molecule has 19 heavy (non-hydrogen) atoms. The fourth-order valence-corrected chi connectivity index (χ4v) is 2.38. The highest BCUT2D eigenvalue weighted by molar-refractivity contribution is 6.06. The number of hydrogen-bond donors (Lipinski definition) is 1. The monoisotopic (exact) mass is 250 g/mol. The van der Waals surface area contributed by atoms with E-state index in [-0.39, 0.29) is 5.78 Å². The summed E-state index contributed by atoms with van der Waals surface area (Å²) in [5, 5.41) is 3.35. The minimum Gasteiger partial charge on any atom is -0.355 e. The number of anilines is 1. The van der Waals surface area contributed by atoms with Gasteiger partial charge in [0.25, 0.3) is 0 Å². The van der Waals surface area contributed by atoms with Crippen LogP contribution in [-0.4, -0.2) is 10.8 Å². The van der Waals surface area contributed by atoms with Gasteiger partial charge >= 0.3 is 0 Å². The second-order valence-corrected chi connectivity index (χ2v) is 4.60. The molecule has 2 aromatic rings. The van der Waals surface area contributed by atoms with Crippen LogP contribution in [0.3, 0.4) is 0 Å². The van der Waals surface area contributed by atoms with Crippen LogP contribution in [0.2, 0.25) is 0 Å². The van der Waals surface area contributed by atoms with Crippen molar-refractivity contribution in [2.75, 3.05) is 5.32 Å². The van der Waals surface area contributed by atoms with Crippen LogP contribution in [0.1, 0.15) is 18.1 Å². The third kappa shape index (κ3) is 2.15. The van der Waals surface area contributed by atoms with E-state index in [1.54, 1.807) is 19.3 Å². The summed E-state index contributed by atoms with van der Waals surface area (Å²) in [7, 11) is 0. The highest BCUT2D eigenvalue weighted by atomic mass is 16.1. The molecule has 3 nitrogen and oxygen atoms in total. The molecule has 1 N–H and O–H groups in total. The topological polar surface area (TPSA) is 42.0 Å². The predicted molar refractivity (Wildman–Crippen MR) is 75.6 cm³/mol. The number of carbonyl (C=O) groups excluding carboxylic acids is 1. The molecule has 0 aliphatic heterocycles. The number of hydrogen-bond acceptors (Lipinski definition) is 3. The summed E-state index contributed by atoms with van der Waals surface area (Å²) in [4.78, 5) is 15.8. The zero-order valence-corrected chi connectivity index (χ0v) is 10.7. The average molecular weight is 250 g/mol. The molecule has 0 spiro atoms. The molecule has 0 saturated carbocycles. The van der Waals surface area contributed by atoms with Crippen molar-refractivity contribution in [3.8, 4) is 0 Å². The molecule has 0 saturated heterocycles. The zero-order valence-electron chi connectivity index (χ0n) is 10.7. The Morgan fingerprint density at radius 3 is 2.63 bits per heavy atom. The van der Waals surface area contributed by atoms with E-state index in [4.69, 9.17) is 0 Å². The van der Waals surface area contributed by atoms with E-state index in [0.29, 0.717) is 6.42 Å². The number of nitrogens with one attached hydrogen (secondary N) is 1. The molecule has 0 atom stereocenters. The number of rotatable bonds is 3. The Morgan fingerprint density at radius 2 is 1.89 bits per heavy atom. The number of aromatic nitrogens is 1. The fraction of sp³-hybridized carbons (Fsp3) is 0.125. The summed E-state index contributed by atoms with van der Waals surface area (Å²) in [5.74, 6) is 0.118. The van der Waals surface area contributed by atoms with Crippen LogP contribution in [0.25, 0.3) is 5.70 Å². The quantitative estimate of drug-likeness (QED) is 0.910. The minimum absolute atomic E-state index is 0.118.